The molecular weight excluding hydrogens is 336 g/mol. The molecule has 0 atom stereocenters. The molecule has 2 aromatic rings. The van der Waals surface area contributed by atoms with Gasteiger partial charge in [-0.15, -0.1) is 11.3 Å². The van der Waals surface area contributed by atoms with E-state index in [0.717, 1.165) is 37.2 Å². The Morgan fingerprint density at radius 3 is 2.44 bits per heavy atom. The van der Waals surface area contributed by atoms with Crippen LogP contribution in [0.3, 0.4) is 0 Å². The van der Waals surface area contributed by atoms with Gasteiger partial charge in [-0.3, -0.25) is 9.59 Å². The van der Waals surface area contributed by atoms with Crippen molar-refractivity contribution in [1.29, 1.82) is 0 Å². The van der Waals surface area contributed by atoms with Crippen LogP contribution in [0.25, 0.3) is 10.6 Å². The van der Waals surface area contributed by atoms with Crippen LogP contribution in [0.5, 0.6) is 0 Å². The monoisotopic (exact) mass is 360 g/mol. The summed E-state index contributed by atoms with van der Waals surface area (Å²) in [4.78, 5) is 32.5. The van der Waals surface area contributed by atoms with Crippen LogP contribution in [0.15, 0.2) is 4.79 Å². The SMILES string of the molecule is Cc1nc(-c2c(C)c(C)nn(C)c2=O)sc1C(=O)N1CCC(C)CC1. The van der Waals surface area contributed by atoms with Crippen molar-refractivity contribution in [1.82, 2.24) is 19.7 Å². The van der Waals surface area contributed by atoms with E-state index >= 15 is 0 Å². The lowest BCUT2D eigenvalue weighted by atomic mass is 9.99. The predicted octanol–water partition coefficient (Wildman–Crippen LogP) is 2.70. The van der Waals surface area contributed by atoms with Crippen molar-refractivity contribution in [2.75, 3.05) is 13.1 Å². The van der Waals surface area contributed by atoms with Gasteiger partial charge in [0.05, 0.1) is 17.0 Å². The molecule has 2 aromatic heterocycles. The molecule has 134 valence electrons. The first-order valence-corrected chi connectivity index (χ1v) is 9.42. The molecular formula is C18H24N4O2S. The minimum atomic E-state index is -0.178. The quantitative estimate of drug-likeness (QED) is 0.826. The van der Waals surface area contributed by atoms with Crippen LogP contribution in [0.4, 0.5) is 0 Å². The van der Waals surface area contributed by atoms with Crippen molar-refractivity contribution >= 4 is 17.2 Å². The number of hydrogen-bond acceptors (Lipinski definition) is 5. The molecule has 0 aliphatic carbocycles. The zero-order valence-electron chi connectivity index (χ0n) is 15.4. The highest BCUT2D eigenvalue weighted by Gasteiger charge is 2.26. The van der Waals surface area contributed by atoms with Crippen molar-refractivity contribution < 1.29 is 4.79 Å². The van der Waals surface area contributed by atoms with E-state index in [1.54, 1.807) is 7.05 Å². The van der Waals surface area contributed by atoms with E-state index in [2.05, 4.69) is 17.0 Å². The van der Waals surface area contributed by atoms with Crippen molar-refractivity contribution in [3.63, 3.8) is 0 Å². The van der Waals surface area contributed by atoms with Gasteiger partial charge in [0, 0.05) is 20.1 Å². The van der Waals surface area contributed by atoms with Crippen molar-refractivity contribution in [2.24, 2.45) is 13.0 Å². The average molecular weight is 360 g/mol. The van der Waals surface area contributed by atoms with E-state index in [9.17, 15) is 9.59 Å². The van der Waals surface area contributed by atoms with Gasteiger partial charge in [-0.25, -0.2) is 9.67 Å². The number of aromatic nitrogens is 3. The molecule has 3 rings (SSSR count). The van der Waals surface area contributed by atoms with Gasteiger partial charge in [-0.2, -0.15) is 5.10 Å². The highest BCUT2D eigenvalue weighted by atomic mass is 32.1. The number of carbonyl (C=O) groups excluding carboxylic acids is 1. The Morgan fingerprint density at radius 1 is 1.16 bits per heavy atom. The molecule has 1 aliphatic rings. The normalized spacial score (nSPS) is 15.6. The van der Waals surface area contributed by atoms with Crippen LogP contribution < -0.4 is 5.56 Å². The van der Waals surface area contributed by atoms with E-state index < -0.39 is 0 Å². The fourth-order valence-electron chi connectivity index (χ4n) is 3.16. The lowest BCUT2D eigenvalue weighted by Gasteiger charge is -2.30. The molecule has 1 fully saturated rings. The summed E-state index contributed by atoms with van der Waals surface area (Å²) in [6, 6.07) is 0. The number of aryl methyl sites for hydroxylation is 3. The fourth-order valence-corrected chi connectivity index (χ4v) is 4.29. The molecule has 1 amide bonds. The molecule has 1 aliphatic heterocycles. The summed E-state index contributed by atoms with van der Waals surface area (Å²) in [5.41, 5.74) is 2.68. The average Bonchev–Trinajstić information content (AvgIpc) is 2.95. The first-order valence-electron chi connectivity index (χ1n) is 8.61. The summed E-state index contributed by atoms with van der Waals surface area (Å²) in [5.74, 6) is 0.709. The molecule has 3 heterocycles. The molecule has 0 aromatic carbocycles. The Labute approximate surface area is 151 Å². The van der Waals surface area contributed by atoms with E-state index in [-0.39, 0.29) is 11.5 Å². The molecule has 0 saturated carbocycles. The van der Waals surface area contributed by atoms with E-state index in [0.29, 0.717) is 27.1 Å². The third kappa shape index (κ3) is 3.25. The van der Waals surface area contributed by atoms with Gasteiger partial charge < -0.3 is 4.90 Å². The second-order valence-electron chi connectivity index (χ2n) is 6.92. The predicted molar refractivity (Wildman–Crippen MR) is 99.1 cm³/mol. The lowest BCUT2D eigenvalue weighted by molar-refractivity contribution is 0.0701. The number of carbonyl (C=O) groups is 1. The Hall–Kier alpha value is -2.02. The largest absolute Gasteiger partial charge is 0.338 e. The number of rotatable bonds is 2. The standard InChI is InChI=1S/C18H24N4O2S/c1-10-6-8-22(9-7-10)18(24)15-13(4)19-16(25-15)14-11(2)12(3)20-21(5)17(14)23/h10H,6-9H2,1-5H3. The first-order chi connectivity index (χ1) is 11.8. The summed E-state index contributed by atoms with van der Waals surface area (Å²) >= 11 is 1.32. The highest BCUT2D eigenvalue weighted by molar-refractivity contribution is 7.17. The second-order valence-corrected chi connectivity index (χ2v) is 7.92. The lowest BCUT2D eigenvalue weighted by Crippen LogP contribution is -2.37. The topological polar surface area (TPSA) is 68.1 Å². The van der Waals surface area contributed by atoms with Gasteiger partial charge >= 0.3 is 0 Å². The van der Waals surface area contributed by atoms with Gasteiger partial charge in [-0.05, 0) is 45.1 Å². The van der Waals surface area contributed by atoms with E-state index in [4.69, 9.17) is 0 Å². The molecule has 0 spiro atoms. The Balaban J connectivity index is 1.99. The molecule has 0 radical (unpaired) electrons. The van der Waals surface area contributed by atoms with Gasteiger partial charge in [0.1, 0.15) is 9.88 Å². The summed E-state index contributed by atoms with van der Waals surface area (Å²) in [6.07, 6.45) is 2.08. The summed E-state index contributed by atoms with van der Waals surface area (Å²) in [7, 11) is 1.64. The van der Waals surface area contributed by atoms with Gasteiger partial charge in [0.25, 0.3) is 11.5 Å². The molecule has 7 heteroatoms. The summed E-state index contributed by atoms with van der Waals surface area (Å²) in [6.45, 7) is 9.41. The summed E-state index contributed by atoms with van der Waals surface area (Å²) in [5, 5.41) is 4.82. The number of amides is 1. The zero-order chi connectivity index (χ0) is 18.3. The number of nitrogens with zero attached hydrogens (tertiary/aromatic N) is 4. The van der Waals surface area contributed by atoms with Crippen molar-refractivity contribution in [3.8, 4) is 10.6 Å². The molecule has 0 unspecified atom stereocenters. The van der Waals surface area contributed by atoms with Crippen LogP contribution in [-0.2, 0) is 7.05 Å². The maximum atomic E-state index is 12.9. The van der Waals surface area contributed by atoms with Gasteiger partial charge in [0.2, 0.25) is 0 Å². The van der Waals surface area contributed by atoms with Crippen molar-refractivity contribution in [2.45, 2.75) is 40.5 Å². The number of hydrogen-bond donors (Lipinski definition) is 0. The number of thiazole rings is 1. The molecule has 0 bridgehead atoms. The number of likely N-dealkylation sites (tertiary alicyclic amines) is 1. The van der Waals surface area contributed by atoms with Crippen LogP contribution in [0.1, 0.15) is 46.4 Å². The first kappa shape index (κ1) is 17.8. The molecule has 0 N–H and O–H groups in total. The Kier molecular flexibility index (Phi) is 4.77. The third-order valence-electron chi connectivity index (χ3n) is 5.00. The third-order valence-corrected chi connectivity index (χ3v) is 6.16. The molecule has 1 saturated heterocycles. The van der Waals surface area contributed by atoms with E-state index in [1.807, 2.05) is 25.7 Å². The van der Waals surface area contributed by atoms with Crippen LogP contribution in [-0.4, -0.2) is 38.7 Å². The van der Waals surface area contributed by atoms with Crippen molar-refractivity contribution in [3.05, 3.63) is 32.2 Å². The Morgan fingerprint density at radius 2 is 1.80 bits per heavy atom. The van der Waals surface area contributed by atoms with Crippen LogP contribution in [0, 0.1) is 26.7 Å². The fraction of sp³-hybridized carbons (Fsp3) is 0.556. The van der Waals surface area contributed by atoms with Gasteiger partial charge in [0.15, 0.2) is 0 Å². The second kappa shape index (κ2) is 6.71. The smallest absolute Gasteiger partial charge is 0.277 e. The maximum Gasteiger partial charge on any atom is 0.277 e. The minimum Gasteiger partial charge on any atom is -0.338 e. The minimum absolute atomic E-state index is 0.0356. The van der Waals surface area contributed by atoms with Crippen LogP contribution in [0.2, 0.25) is 0 Å². The zero-order valence-corrected chi connectivity index (χ0v) is 16.2. The van der Waals surface area contributed by atoms with Crippen LogP contribution >= 0.6 is 11.3 Å². The Bertz CT molecular complexity index is 876. The maximum absolute atomic E-state index is 12.9. The molecule has 25 heavy (non-hydrogen) atoms. The molecule has 6 nitrogen and oxygen atoms in total. The highest BCUT2D eigenvalue weighted by Crippen LogP contribution is 2.30. The summed E-state index contributed by atoms with van der Waals surface area (Å²) < 4.78 is 1.34. The van der Waals surface area contributed by atoms with E-state index in [1.165, 1.54) is 16.0 Å². The number of piperidine rings is 1. The van der Waals surface area contributed by atoms with Gasteiger partial charge in [-0.1, -0.05) is 6.92 Å².